The van der Waals surface area contributed by atoms with Crippen molar-refractivity contribution in [2.75, 3.05) is 20.7 Å². The van der Waals surface area contributed by atoms with E-state index in [2.05, 4.69) is 0 Å². The summed E-state index contributed by atoms with van der Waals surface area (Å²) in [4.78, 5) is 14.6. The summed E-state index contributed by atoms with van der Waals surface area (Å²) < 4.78 is 18.4. The van der Waals surface area contributed by atoms with Gasteiger partial charge < -0.3 is 14.7 Å². The summed E-state index contributed by atoms with van der Waals surface area (Å²) in [7, 11) is 3.27. The van der Waals surface area contributed by atoms with Crippen molar-refractivity contribution in [1.29, 1.82) is 0 Å². The predicted octanol–water partition coefficient (Wildman–Crippen LogP) is 3.52. The zero-order valence-corrected chi connectivity index (χ0v) is 15.1. The van der Waals surface area contributed by atoms with Crippen molar-refractivity contribution < 1.29 is 19.0 Å². The normalized spacial score (nSPS) is 16.0. The van der Waals surface area contributed by atoms with Crippen molar-refractivity contribution >= 4 is 5.91 Å². The minimum atomic E-state index is -0.799. The van der Waals surface area contributed by atoms with Gasteiger partial charge in [-0.05, 0) is 54.2 Å². The van der Waals surface area contributed by atoms with Crippen molar-refractivity contribution in [2.24, 2.45) is 5.92 Å². The largest absolute Gasteiger partial charge is 0.497 e. The van der Waals surface area contributed by atoms with Gasteiger partial charge in [-0.3, -0.25) is 4.79 Å². The number of aliphatic hydroxyl groups excluding tert-OH is 1. The lowest BCUT2D eigenvalue weighted by molar-refractivity contribution is -0.133. The van der Waals surface area contributed by atoms with Gasteiger partial charge in [0, 0.05) is 7.05 Å². The van der Waals surface area contributed by atoms with Crippen LogP contribution in [0, 0.1) is 11.7 Å². The Labute approximate surface area is 153 Å². The third-order valence-corrected chi connectivity index (χ3v) is 4.89. The Morgan fingerprint density at radius 3 is 2.54 bits per heavy atom. The highest BCUT2D eigenvalue weighted by molar-refractivity contribution is 5.84. The molecule has 0 aliphatic heterocycles. The highest BCUT2D eigenvalue weighted by atomic mass is 19.1. The molecular formula is C21H24FNO3. The summed E-state index contributed by atoms with van der Waals surface area (Å²) in [5.74, 6) is 0.332. The first-order chi connectivity index (χ1) is 12.5. The molecule has 4 nitrogen and oxygen atoms in total. The van der Waals surface area contributed by atoms with Crippen LogP contribution in [0.25, 0.3) is 0 Å². The van der Waals surface area contributed by atoms with Gasteiger partial charge in [-0.2, -0.15) is 0 Å². The van der Waals surface area contributed by atoms with Crippen molar-refractivity contribution in [3.8, 4) is 5.75 Å². The maximum Gasteiger partial charge on any atom is 0.230 e. The van der Waals surface area contributed by atoms with E-state index in [0.717, 1.165) is 18.4 Å². The van der Waals surface area contributed by atoms with Crippen LogP contribution in [0.15, 0.2) is 48.5 Å². The Balaban J connectivity index is 1.71. The Bertz CT molecular complexity index is 758. The summed E-state index contributed by atoms with van der Waals surface area (Å²) >= 11 is 0. The van der Waals surface area contributed by atoms with E-state index in [4.69, 9.17) is 4.74 Å². The van der Waals surface area contributed by atoms with Gasteiger partial charge in [0.25, 0.3) is 0 Å². The van der Waals surface area contributed by atoms with E-state index >= 15 is 0 Å². The Hall–Kier alpha value is -2.40. The standard InChI is InChI=1S/C21H24FNO3/c1-23(13-19(24)16-4-3-5-18(12-16)26-2)21(25)20(14-6-7-14)15-8-10-17(22)11-9-15/h3-5,8-12,14,19-20,24H,6-7,13H2,1-2H3. The quantitative estimate of drug-likeness (QED) is 0.825. The number of hydrogen-bond donors (Lipinski definition) is 1. The molecule has 0 aromatic heterocycles. The average molecular weight is 357 g/mol. The molecule has 0 radical (unpaired) electrons. The number of hydrogen-bond acceptors (Lipinski definition) is 3. The lowest BCUT2D eigenvalue weighted by Crippen LogP contribution is -2.35. The minimum Gasteiger partial charge on any atom is -0.497 e. The molecule has 2 unspecified atom stereocenters. The predicted molar refractivity (Wildman–Crippen MR) is 97.5 cm³/mol. The first-order valence-electron chi connectivity index (χ1n) is 8.82. The smallest absolute Gasteiger partial charge is 0.230 e. The molecule has 2 atom stereocenters. The molecule has 0 bridgehead atoms. The third-order valence-electron chi connectivity index (χ3n) is 4.89. The molecule has 1 amide bonds. The number of amides is 1. The number of nitrogens with zero attached hydrogens (tertiary/aromatic N) is 1. The second-order valence-corrected chi connectivity index (χ2v) is 6.88. The summed E-state index contributed by atoms with van der Waals surface area (Å²) in [6.45, 7) is 0.191. The number of aliphatic hydroxyl groups is 1. The van der Waals surface area contributed by atoms with Crippen LogP contribution in [0.1, 0.15) is 36.0 Å². The maximum atomic E-state index is 13.2. The molecule has 0 heterocycles. The molecule has 138 valence electrons. The van der Waals surface area contributed by atoms with Crippen molar-refractivity contribution in [2.45, 2.75) is 24.9 Å². The molecule has 0 saturated heterocycles. The Morgan fingerprint density at radius 2 is 1.92 bits per heavy atom. The first kappa shape index (κ1) is 18.4. The van der Waals surface area contributed by atoms with Gasteiger partial charge in [0.2, 0.25) is 5.91 Å². The van der Waals surface area contributed by atoms with Crippen LogP contribution in [0.2, 0.25) is 0 Å². The highest BCUT2D eigenvalue weighted by Crippen LogP contribution is 2.43. The zero-order chi connectivity index (χ0) is 18.7. The van der Waals surface area contributed by atoms with E-state index in [1.54, 1.807) is 37.3 Å². The molecule has 1 fully saturated rings. The Kier molecular flexibility index (Phi) is 5.57. The summed E-state index contributed by atoms with van der Waals surface area (Å²) in [6, 6.07) is 13.3. The molecule has 3 rings (SSSR count). The highest BCUT2D eigenvalue weighted by Gasteiger charge is 2.38. The number of ether oxygens (including phenoxy) is 1. The second kappa shape index (κ2) is 7.87. The van der Waals surface area contributed by atoms with E-state index in [-0.39, 0.29) is 24.2 Å². The number of carbonyl (C=O) groups is 1. The molecule has 1 aliphatic rings. The third kappa shape index (κ3) is 4.22. The number of rotatable bonds is 7. The van der Waals surface area contributed by atoms with Crippen LogP contribution in [0.4, 0.5) is 4.39 Å². The lowest BCUT2D eigenvalue weighted by Gasteiger charge is -2.26. The molecule has 2 aromatic rings. The fourth-order valence-corrected chi connectivity index (χ4v) is 3.26. The van der Waals surface area contributed by atoms with Crippen molar-refractivity contribution in [3.63, 3.8) is 0 Å². The molecule has 1 aliphatic carbocycles. The number of carbonyl (C=O) groups excluding carboxylic acids is 1. The van der Waals surface area contributed by atoms with E-state index in [1.807, 2.05) is 18.2 Å². The monoisotopic (exact) mass is 357 g/mol. The molecule has 2 aromatic carbocycles. The van der Waals surface area contributed by atoms with Crippen LogP contribution in [0.3, 0.4) is 0 Å². The number of likely N-dealkylation sites (N-methyl/N-ethyl adjacent to an activating group) is 1. The molecule has 0 spiro atoms. The van der Waals surface area contributed by atoms with Crippen LogP contribution in [-0.2, 0) is 4.79 Å². The van der Waals surface area contributed by atoms with Gasteiger partial charge in [-0.25, -0.2) is 4.39 Å². The van der Waals surface area contributed by atoms with Crippen molar-refractivity contribution in [3.05, 3.63) is 65.5 Å². The summed E-state index contributed by atoms with van der Waals surface area (Å²) in [6.07, 6.45) is 1.20. The SMILES string of the molecule is COc1cccc(C(O)CN(C)C(=O)C(c2ccc(F)cc2)C2CC2)c1. The van der Waals surface area contributed by atoms with Crippen LogP contribution in [-0.4, -0.2) is 36.6 Å². The van der Waals surface area contributed by atoms with Gasteiger partial charge in [0.05, 0.1) is 25.7 Å². The van der Waals surface area contributed by atoms with E-state index in [0.29, 0.717) is 17.2 Å². The number of benzene rings is 2. The number of methoxy groups -OCH3 is 1. The summed E-state index contributed by atoms with van der Waals surface area (Å²) in [5, 5.41) is 10.5. The fourth-order valence-electron chi connectivity index (χ4n) is 3.26. The molecule has 26 heavy (non-hydrogen) atoms. The molecule has 1 N–H and O–H groups in total. The average Bonchev–Trinajstić information content (AvgIpc) is 3.48. The van der Waals surface area contributed by atoms with E-state index in [1.165, 1.54) is 12.1 Å². The van der Waals surface area contributed by atoms with Crippen LogP contribution < -0.4 is 4.74 Å². The van der Waals surface area contributed by atoms with Crippen LogP contribution >= 0.6 is 0 Å². The van der Waals surface area contributed by atoms with Gasteiger partial charge in [-0.15, -0.1) is 0 Å². The first-order valence-corrected chi connectivity index (χ1v) is 8.82. The second-order valence-electron chi connectivity index (χ2n) is 6.88. The topological polar surface area (TPSA) is 49.8 Å². The summed E-state index contributed by atoms with van der Waals surface area (Å²) in [5.41, 5.74) is 1.54. The number of halogens is 1. The zero-order valence-electron chi connectivity index (χ0n) is 15.1. The lowest BCUT2D eigenvalue weighted by atomic mass is 9.92. The van der Waals surface area contributed by atoms with Gasteiger partial charge >= 0.3 is 0 Å². The maximum absolute atomic E-state index is 13.2. The molecule has 1 saturated carbocycles. The molecular weight excluding hydrogens is 333 g/mol. The molecule has 5 heteroatoms. The van der Waals surface area contributed by atoms with E-state index < -0.39 is 6.10 Å². The minimum absolute atomic E-state index is 0.0407. The van der Waals surface area contributed by atoms with Gasteiger partial charge in [-0.1, -0.05) is 24.3 Å². The van der Waals surface area contributed by atoms with Gasteiger partial charge in [0.1, 0.15) is 11.6 Å². The van der Waals surface area contributed by atoms with Crippen LogP contribution in [0.5, 0.6) is 5.75 Å². The van der Waals surface area contributed by atoms with Gasteiger partial charge in [0.15, 0.2) is 0 Å². The van der Waals surface area contributed by atoms with Crippen molar-refractivity contribution in [1.82, 2.24) is 4.90 Å². The Morgan fingerprint density at radius 1 is 1.23 bits per heavy atom. The van der Waals surface area contributed by atoms with E-state index in [9.17, 15) is 14.3 Å². The fraction of sp³-hybridized carbons (Fsp3) is 0.381.